The lowest BCUT2D eigenvalue weighted by molar-refractivity contribution is -0.119. The highest BCUT2D eigenvalue weighted by atomic mass is 19.1. The second-order valence-corrected chi connectivity index (χ2v) is 5.02. The lowest BCUT2D eigenvalue weighted by Gasteiger charge is -2.12. The van der Waals surface area contributed by atoms with Crippen LogP contribution in [0.25, 0.3) is 0 Å². The van der Waals surface area contributed by atoms with E-state index in [9.17, 15) is 9.18 Å². The fourth-order valence-corrected chi connectivity index (χ4v) is 2.13. The van der Waals surface area contributed by atoms with Crippen LogP contribution >= 0.6 is 0 Å². The molecule has 2 N–H and O–H groups in total. The fourth-order valence-electron chi connectivity index (χ4n) is 2.13. The number of nitrogens with one attached hydrogen (secondary N) is 2. The number of carbonyl (C=O) groups is 1. The maximum atomic E-state index is 12.8. The second-order valence-electron chi connectivity index (χ2n) is 5.02. The molecule has 0 aliphatic rings. The number of halogens is 1. The molecule has 0 aliphatic carbocycles. The van der Waals surface area contributed by atoms with Crippen LogP contribution in [0.2, 0.25) is 0 Å². The van der Waals surface area contributed by atoms with E-state index in [1.165, 1.54) is 12.1 Å². The van der Waals surface area contributed by atoms with Crippen LogP contribution in [0.5, 0.6) is 0 Å². The number of anilines is 1. The molecular formula is C17H19FN2O. The Morgan fingerprint density at radius 2 is 1.67 bits per heavy atom. The molecule has 1 amide bonds. The van der Waals surface area contributed by atoms with Gasteiger partial charge in [0.15, 0.2) is 0 Å². The van der Waals surface area contributed by atoms with E-state index in [1.807, 2.05) is 32.0 Å². The summed E-state index contributed by atoms with van der Waals surface area (Å²) in [6.07, 6.45) is 0. The average molecular weight is 286 g/mol. The van der Waals surface area contributed by atoms with Gasteiger partial charge in [-0.3, -0.25) is 4.79 Å². The summed E-state index contributed by atoms with van der Waals surface area (Å²) in [5.74, 6) is -0.372. The van der Waals surface area contributed by atoms with Crippen LogP contribution in [-0.2, 0) is 11.3 Å². The predicted octanol–water partition coefficient (Wildman–Crippen LogP) is 3.17. The smallest absolute Gasteiger partial charge is 0.239 e. The van der Waals surface area contributed by atoms with E-state index in [0.29, 0.717) is 6.54 Å². The van der Waals surface area contributed by atoms with Gasteiger partial charge >= 0.3 is 0 Å². The minimum absolute atomic E-state index is 0.0954. The standard InChI is InChI=1S/C17H19FN2O/c1-12-4-3-5-13(2)17(12)20-11-16(21)19-10-14-6-8-15(18)9-7-14/h3-9,20H,10-11H2,1-2H3,(H,19,21). The molecule has 0 saturated heterocycles. The fraction of sp³-hybridized carbons (Fsp3) is 0.235. The third-order valence-corrected chi connectivity index (χ3v) is 3.31. The summed E-state index contributed by atoms with van der Waals surface area (Å²) in [4.78, 5) is 11.8. The van der Waals surface area contributed by atoms with Crippen LogP contribution in [0.3, 0.4) is 0 Å². The predicted molar refractivity (Wildman–Crippen MR) is 82.7 cm³/mol. The van der Waals surface area contributed by atoms with Crippen molar-refractivity contribution in [1.82, 2.24) is 5.32 Å². The van der Waals surface area contributed by atoms with Crippen LogP contribution < -0.4 is 10.6 Å². The zero-order valence-corrected chi connectivity index (χ0v) is 12.2. The maximum Gasteiger partial charge on any atom is 0.239 e. The van der Waals surface area contributed by atoms with Gasteiger partial charge in [0.2, 0.25) is 5.91 Å². The van der Waals surface area contributed by atoms with Crippen LogP contribution in [0, 0.1) is 19.7 Å². The number of hydrogen-bond acceptors (Lipinski definition) is 2. The SMILES string of the molecule is Cc1cccc(C)c1NCC(=O)NCc1ccc(F)cc1. The second kappa shape index (κ2) is 6.88. The topological polar surface area (TPSA) is 41.1 Å². The Labute approximate surface area is 124 Å². The number of aryl methyl sites for hydroxylation is 2. The lowest BCUT2D eigenvalue weighted by Crippen LogP contribution is -2.29. The van der Waals surface area contributed by atoms with Gasteiger partial charge in [0.1, 0.15) is 5.82 Å². The molecule has 2 aromatic rings. The van der Waals surface area contributed by atoms with Crippen molar-refractivity contribution in [2.45, 2.75) is 20.4 Å². The summed E-state index contributed by atoms with van der Waals surface area (Å²) in [5, 5.41) is 5.96. The molecule has 0 aliphatic heterocycles. The van der Waals surface area contributed by atoms with Gasteiger partial charge in [-0.2, -0.15) is 0 Å². The average Bonchev–Trinajstić information content (AvgIpc) is 2.46. The van der Waals surface area contributed by atoms with Gasteiger partial charge in [-0.1, -0.05) is 30.3 Å². The Hall–Kier alpha value is -2.36. The zero-order valence-electron chi connectivity index (χ0n) is 12.2. The van der Waals surface area contributed by atoms with Crippen LogP contribution in [0.1, 0.15) is 16.7 Å². The summed E-state index contributed by atoms with van der Waals surface area (Å²) in [5.41, 5.74) is 4.09. The Morgan fingerprint density at radius 1 is 1.05 bits per heavy atom. The molecule has 0 spiro atoms. The van der Waals surface area contributed by atoms with Gasteiger partial charge in [0.25, 0.3) is 0 Å². The monoisotopic (exact) mass is 286 g/mol. The van der Waals surface area contributed by atoms with Crippen molar-refractivity contribution in [1.29, 1.82) is 0 Å². The molecule has 21 heavy (non-hydrogen) atoms. The van der Waals surface area contributed by atoms with Crippen LogP contribution in [0.4, 0.5) is 10.1 Å². The first-order valence-electron chi connectivity index (χ1n) is 6.87. The van der Waals surface area contributed by atoms with E-state index in [4.69, 9.17) is 0 Å². The van der Waals surface area contributed by atoms with Gasteiger partial charge in [-0.05, 0) is 42.7 Å². The number of rotatable bonds is 5. The molecule has 0 bridgehead atoms. The van der Waals surface area contributed by atoms with Crippen molar-refractivity contribution >= 4 is 11.6 Å². The quantitative estimate of drug-likeness (QED) is 0.886. The van der Waals surface area contributed by atoms with Crippen molar-refractivity contribution in [3.63, 3.8) is 0 Å². The molecule has 0 unspecified atom stereocenters. The van der Waals surface area contributed by atoms with Gasteiger partial charge in [0.05, 0.1) is 6.54 Å². The van der Waals surface area contributed by atoms with Crippen LogP contribution in [0.15, 0.2) is 42.5 Å². The number of carbonyl (C=O) groups excluding carboxylic acids is 1. The maximum absolute atomic E-state index is 12.8. The third kappa shape index (κ3) is 4.31. The molecular weight excluding hydrogens is 267 g/mol. The Bertz CT molecular complexity index is 603. The molecule has 0 saturated carbocycles. The number of amides is 1. The summed E-state index contributed by atoms with van der Waals surface area (Å²) in [6, 6.07) is 12.1. The zero-order chi connectivity index (χ0) is 15.2. The number of hydrogen-bond donors (Lipinski definition) is 2. The Kier molecular flexibility index (Phi) is 4.93. The van der Waals surface area contributed by atoms with E-state index in [1.54, 1.807) is 12.1 Å². The van der Waals surface area contributed by atoms with Crippen molar-refractivity contribution in [2.75, 3.05) is 11.9 Å². The molecule has 110 valence electrons. The van der Waals surface area contributed by atoms with Gasteiger partial charge in [-0.15, -0.1) is 0 Å². The number of para-hydroxylation sites is 1. The molecule has 0 atom stereocenters. The minimum atomic E-state index is -0.276. The van der Waals surface area contributed by atoms with Crippen LogP contribution in [-0.4, -0.2) is 12.5 Å². The summed E-state index contributed by atoms with van der Waals surface area (Å²) in [6.45, 7) is 4.62. The Balaban J connectivity index is 1.84. The van der Waals surface area contributed by atoms with E-state index in [0.717, 1.165) is 22.4 Å². The highest BCUT2D eigenvalue weighted by Crippen LogP contribution is 2.18. The van der Waals surface area contributed by atoms with Crippen molar-refractivity contribution in [2.24, 2.45) is 0 Å². The van der Waals surface area contributed by atoms with Gasteiger partial charge < -0.3 is 10.6 Å². The Morgan fingerprint density at radius 3 is 2.29 bits per heavy atom. The first-order chi connectivity index (χ1) is 10.1. The van der Waals surface area contributed by atoms with Crippen molar-refractivity contribution < 1.29 is 9.18 Å². The number of benzene rings is 2. The largest absolute Gasteiger partial charge is 0.376 e. The van der Waals surface area contributed by atoms with Crippen molar-refractivity contribution in [3.05, 3.63) is 65.0 Å². The van der Waals surface area contributed by atoms with E-state index in [-0.39, 0.29) is 18.3 Å². The molecule has 0 aromatic heterocycles. The molecule has 0 fully saturated rings. The molecule has 3 nitrogen and oxygen atoms in total. The van der Waals surface area contributed by atoms with E-state index in [2.05, 4.69) is 10.6 Å². The molecule has 2 aromatic carbocycles. The van der Waals surface area contributed by atoms with E-state index >= 15 is 0 Å². The summed E-state index contributed by atoms with van der Waals surface area (Å²) >= 11 is 0. The summed E-state index contributed by atoms with van der Waals surface area (Å²) < 4.78 is 12.8. The molecule has 0 radical (unpaired) electrons. The molecule has 0 heterocycles. The van der Waals surface area contributed by atoms with Gasteiger partial charge in [-0.25, -0.2) is 4.39 Å². The first kappa shape index (κ1) is 15.0. The first-order valence-corrected chi connectivity index (χ1v) is 6.87. The van der Waals surface area contributed by atoms with E-state index < -0.39 is 0 Å². The lowest BCUT2D eigenvalue weighted by atomic mass is 10.1. The molecule has 2 rings (SSSR count). The normalized spacial score (nSPS) is 10.2. The highest BCUT2D eigenvalue weighted by molar-refractivity contribution is 5.81. The summed E-state index contributed by atoms with van der Waals surface area (Å²) in [7, 11) is 0. The minimum Gasteiger partial charge on any atom is -0.376 e. The third-order valence-electron chi connectivity index (χ3n) is 3.31. The van der Waals surface area contributed by atoms with Crippen molar-refractivity contribution in [3.8, 4) is 0 Å². The highest BCUT2D eigenvalue weighted by Gasteiger charge is 2.05. The molecule has 4 heteroatoms. The van der Waals surface area contributed by atoms with Gasteiger partial charge in [0, 0.05) is 12.2 Å².